The number of nitrogens with zero attached hydrogens (tertiary/aromatic N) is 2. The Balaban J connectivity index is 1.70. The van der Waals surface area contributed by atoms with Crippen LogP contribution in [0.3, 0.4) is 0 Å². The predicted molar refractivity (Wildman–Crippen MR) is 95.0 cm³/mol. The molecule has 0 bridgehead atoms. The molecule has 0 radical (unpaired) electrons. The molecule has 0 saturated carbocycles. The summed E-state index contributed by atoms with van der Waals surface area (Å²) in [7, 11) is 1.48. The van der Waals surface area contributed by atoms with Gasteiger partial charge in [-0.05, 0) is 30.5 Å². The van der Waals surface area contributed by atoms with Gasteiger partial charge in [0.1, 0.15) is 18.5 Å². The third kappa shape index (κ3) is 4.27. The van der Waals surface area contributed by atoms with Crippen LogP contribution in [-0.2, 0) is 19.1 Å². The molecule has 2 heterocycles. The number of likely N-dealkylation sites (tertiary alicyclic amines) is 1. The van der Waals surface area contributed by atoms with Crippen molar-refractivity contribution in [1.82, 2.24) is 15.1 Å². The molecule has 0 spiro atoms. The Bertz CT molecular complexity index is 701. The summed E-state index contributed by atoms with van der Waals surface area (Å²) in [5, 5.41) is 2.78. The number of benzene rings is 1. The third-order valence-electron chi connectivity index (χ3n) is 5.15. The van der Waals surface area contributed by atoms with Crippen LogP contribution in [0.25, 0.3) is 0 Å². The Kier molecular flexibility index (Phi) is 6.05. The molecule has 1 aromatic rings. The fourth-order valence-electron chi connectivity index (χ4n) is 3.71. The number of amides is 3. The highest BCUT2D eigenvalue weighted by atomic mass is 19.1. The lowest BCUT2D eigenvalue weighted by Gasteiger charge is -2.39. The van der Waals surface area contributed by atoms with Gasteiger partial charge in [-0.25, -0.2) is 4.39 Å². The summed E-state index contributed by atoms with van der Waals surface area (Å²) in [5.74, 6) is -1.04. The van der Waals surface area contributed by atoms with Crippen LogP contribution in [0.15, 0.2) is 24.3 Å². The van der Waals surface area contributed by atoms with Gasteiger partial charge in [0.05, 0.1) is 0 Å². The molecule has 1 unspecified atom stereocenters. The Hall–Kier alpha value is -2.48. The fourth-order valence-corrected chi connectivity index (χ4v) is 3.71. The summed E-state index contributed by atoms with van der Waals surface area (Å²) in [6.07, 6.45) is 1.12. The average molecular weight is 377 g/mol. The van der Waals surface area contributed by atoms with E-state index in [1.54, 1.807) is 9.80 Å². The van der Waals surface area contributed by atoms with E-state index >= 15 is 0 Å². The second-order valence-corrected chi connectivity index (χ2v) is 6.86. The highest BCUT2D eigenvalue weighted by molar-refractivity contribution is 5.90. The van der Waals surface area contributed by atoms with Gasteiger partial charge in [-0.3, -0.25) is 14.4 Å². The molecular formula is C19H24FN3O4. The van der Waals surface area contributed by atoms with Crippen molar-refractivity contribution < 1.29 is 23.5 Å². The zero-order chi connectivity index (χ0) is 19.4. The number of carbonyl (C=O) groups excluding carboxylic acids is 3. The number of carbonyl (C=O) groups is 3. The minimum absolute atomic E-state index is 0.0392. The maximum atomic E-state index is 13.2. The fraction of sp³-hybridized carbons (Fsp3) is 0.526. The number of hydrogen-bond acceptors (Lipinski definition) is 4. The first-order valence-electron chi connectivity index (χ1n) is 9.11. The van der Waals surface area contributed by atoms with Gasteiger partial charge in [0.15, 0.2) is 0 Å². The second-order valence-electron chi connectivity index (χ2n) is 6.86. The summed E-state index contributed by atoms with van der Waals surface area (Å²) in [6.45, 7) is 1.85. The molecular weight excluding hydrogens is 353 g/mol. The standard InChI is InChI=1S/C19H24FN3O4/c1-27-12-16(24)22-9-6-14(7-10-22)19(26)23-11-8-21-18(25)17(23)13-2-4-15(20)5-3-13/h2-5,14,17H,6-12H2,1H3,(H,21,25). The Morgan fingerprint density at radius 1 is 1.19 bits per heavy atom. The molecule has 1 atom stereocenters. The maximum Gasteiger partial charge on any atom is 0.248 e. The summed E-state index contributed by atoms with van der Waals surface area (Å²) < 4.78 is 18.1. The van der Waals surface area contributed by atoms with Crippen LogP contribution in [0.5, 0.6) is 0 Å². The number of ether oxygens (including phenoxy) is 1. The highest BCUT2D eigenvalue weighted by Crippen LogP contribution is 2.28. The van der Waals surface area contributed by atoms with Crippen LogP contribution in [0.1, 0.15) is 24.4 Å². The van der Waals surface area contributed by atoms with Gasteiger partial charge >= 0.3 is 0 Å². The first-order valence-corrected chi connectivity index (χ1v) is 9.11. The summed E-state index contributed by atoms with van der Waals surface area (Å²) in [5.41, 5.74) is 0.592. The van der Waals surface area contributed by atoms with Gasteiger partial charge in [-0.15, -0.1) is 0 Å². The molecule has 3 rings (SSSR count). The van der Waals surface area contributed by atoms with E-state index in [2.05, 4.69) is 5.32 Å². The number of rotatable bonds is 4. The van der Waals surface area contributed by atoms with Crippen LogP contribution < -0.4 is 5.32 Å². The van der Waals surface area contributed by atoms with E-state index in [1.807, 2.05) is 0 Å². The van der Waals surface area contributed by atoms with Crippen molar-refractivity contribution in [3.05, 3.63) is 35.6 Å². The highest BCUT2D eigenvalue weighted by Gasteiger charge is 2.38. The average Bonchev–Trinajstić information content (AvgIpc) is 2.68. The lowest BCUT2D eigenvalue weighted by Crippen LogP contribution is -2.54. The third-order valence-corrected chi connectivity index (χ3v) is 5.15. The zero-order valence-electron chi connectivity index (χ0n) is 15.3. The number of nitrogens with one attached hydrogen (secondary N) is 1. The largest absolute Gasteiger partial charge is 0.375 e. The van der Waals surface area contributed by atoms with Crippen molar-refractivity contribution in [2.75, 3.05) is 39.9 Å². The molecule has 7 nitrogen and oxygen atoms in total. The maximum absolute atomic E-state index is 13.2. The van der Waals surface area contributed by atoms with Crippen molar-refractivity contribution >= 4 is 17.7 Å². The number of methoxy groups -OCH3 is 1. The van der Waals surface area contributed by atoms with E-state index in [9.17, 15) is 18.8 Å². The molecule has 2 saturated heterocycles. The number of piperidine rings is 1. The SMILES string of the molecule is COCC(=O)N1CCC(C(=O)N2CCNC(=O)C2c2ccc(F)cc2)CC1. The van der Waals surface area contributed by atoms with Gasteiger partial charge in [0.2, 0.25) is 17.7 Å². The first kappa shape index (κ1) is 19.3. The molecule has 8 heteroatoms. The molecule has 2 aliphatic heterocycles. The molecule has 0 aliphatic carbocycles. The van der Waals surface area contributed by atoms with Crippen LogP contribution in [-0.4, -0.2) is 67.4 Å². The van der Waals surface area contributed by atoms with Gasteiger partial charge in [0.25, 0.3) is 0 Å². The lowest BCUT2D eigenvalue weighted by molar-refractivity contribution is -0.149. The zero-order valence-corrected chi connectivity index (χ0v) is 15.3. The van der Waals surface area contributed by atoms with E-state index < -0.39 is 6.04 Å². The van der Waals surface area contributed by atoms with Crippen molar-refractivity contribution in [1.29, 1.82) is 0 Å². The van der Waals surface area contributed by atoms with Crippen molar-refractivity contribution in [3.63, 3.8) is 0 Å². The number of halogens is 1. The van der Waals surface area contributed by atoms with Gasteiger partial charge in [0, 0.05) is 39.2 Å². The van der Waals surface area contributed by atoms with E-state index in [0.717, 1.165) is 0 Å². The van der Waals surface area contributed by atoms with Crippen LogP contribution in [0, 0.1) is 11.7 Å². The minimum Gasteiger partial charge on any atom is -0.375 e. The molecule has 146 valence electrons. The van der Waals surface area contributed by atoms with Gasteiger partial charge < -0.3 is 19.9 Å². The van der Waals surface area contributed by atoms with Gasteiger partial charge in [-0.1, -0.05) is 12.1 Å². The smallest absolute Gasteiger partial charge is 0.248 e. The first-order chi connectivity index (χ1) is 13.0. The molecule has 27 heavy (non-hydrogen) atoms. The topological polar surface area (TPSA) is 79.0 Å². The van der Waals surface area contributed by atoms with Crippen molar-refractivity contribution in [2.24, 2.45) is 5.92 Å². The summed E-state index contributed by atoms with van der Waals surface area (Å²) in [6, 6.07) is 4.91. The lowest BCUT2D eigenvalue weighted by atomic mass is 9.93. The second kappa shape index (κ2) is 8.47. The van der Waals surface area contributed by atoms with Crippen molar-refractivity contribution in [2.45, 2.75) is 18.9 Å². The molecule has 1 aromatic carbocycles. The molecule has 3 amide bonds. The Morgan fingerprint density at radius 2 is 1.85 bits per heavy atom. The summed E-state index contributed by atoms with van der Waals surface area (Å²) in [4.78, 5) is 40.7. The summed E-state index contributed by atoms with van der Waals surface area (Å²) >= 11 is 0. The predicted octanol–water partition coefficient (Wildman–Crippen LogP) is 0.710. The minimum atomic E-state index is -0.750. The number of piperazine rings is 1. The molecule has 2 fully saturated rings. The quantitative estimate of drug-likeness (QED) is 0.838. The van der Waals surface area contributed by atoms with Crippen LogP contribution in [0.2, 0.25) is 0 Å². The van der Waals surface area contributed by atoms with E-state index in [1.165, 1.54) is 31.4 Å². The molecule has 0 aromatic heterocycles. The van der Waals surface area contributed by atoms with E-state index in [-0.39, 0.29) is 36.1 Å². The Labute approximate surface area is 157 Å². The van der Waals surface area contributed by atoms with Crippen LogP contribution >= 0.6 is 0 Å². The van der Waals surface area contributed by atoms with E-state index in [4.69, 9.17) is 4.74 Å². The monoisotopic (exact) mass is 377 g/mol. The van der Waals surface area contributed by atoms with E-state index in [0.29, 0.717) is 44.6 Å². The van der Waals surface area contributed by atoms with Crippen molar-refractivity contribution in [3.8, 4) is 0 Å². The normalized spacial score (nSPS) is 21.1. The molecule has 1 N–H and O–H groups in total. The van der Waals surface area contributed by atoms with Gasteiger partial charge in [-0.2, -0.15) is 0 Å². The van der Waals surface area contributed by atoms with Crippen LogP contribution in [0.4, 0.5) is 4.39 Å². The molecule has 2 aliphatic rings. The number of hydrogen-bond donors (Lipinski definition) is 1. The Morgan fingerprint density at radius 3 is 2.48 bits per heavy atom.